The maximum atomic E-state index is 6.51. The molecule has 3 aromatic carbocycles. The summed E-state index contributed by atoms with van der Waals surface area (Å²) in [7, 11) is 1.62. The average molecular weight is 444 g/mol. The molecule has 0 saturated carbocycles. The molecular weight excluding hydrogens is 417 g/mol. The van der Waals surface area contributed by atoms with Crippen molar-refractivity contribution < 1.29 is 9.47 Å². The molecule has 0 spiro atoms. The quantitative estimate of drug-likeness (QED) is 0.378. The molecule has 3 nitrogen and oxygen atoms in total. The van der Waals surface area contributed by atoms with Gasteiger partial charge in [-0.15, -0.1) is 0 Å². The van der Waals surface area contributed by atoms with Gasteiger partial charge < -0.3 is 14.8 Å². The van der Waals surface area contributed by atoms with E-state index in [1.807, 2.05) is 42.5 Å². The maximum Gasteiger partial charge on any atom is 0.180 e. The summed E-state index contributed by atoms with van der Waals surface area (Å²) in [4.78, 5) is 0. The van der Waals surface area contributed by atoms with Crippen LogP contribution in [0.1, 0.15) is 30.0 Å². The molecule has 5 heteroatoms. The van der Waals surface area contributed by atoms with Gasteiger partial charge in [0.05, 0.1) is 12.1 Å². The van der Waals surface area contributed by atoms with Gasteiger partial charge in [0.2, 0.25) is 0 Å². The topological polar surface area (TPSA) is 30.5 Å². The zero-order valence-corrected chi connectivity index (χ0v) is 18.8. The molecule has 1 unspecified atom stereocenters. The van der Waals surface area contributed by atoms with Gasteiger partial charge in [0, 0.05) is 23.2 Å². The summed E-state index contributed by atoms with van der Waals surface area (Å²) in [5.41, 5.74) is 3.31. The smallest absolute Gasteiger partial charge is 0.180 e. The standard InChI is InChI=1S/C25H27Cl2NO2/c1-18(12-13-19-8-4-3-5-9-19)28-16-20-14-23(27)25(24(15-20)29-2)30-17-21-10-6-7-11-22(21)26/h3-11,14-15,18,28H,12-13,16-17H2,1-2H3. The maximum absolute atomic E-state index is 6.51. The zero-order valence-electron chi connectivity index (χ0n) is 17.3. The summed E-state index contributed by atoms with van der Waals surface area (Å²) in [5.74, 6) is 1.14. The Labute approximate surface area is 188 Å². The zero-order chi connectivity index (χ0) is 21.3. The first-order chi connectivity index (χ1) is 14.6. The fourth-order valence-corrected chi connectivity index (χ4v) is 3.68. The van der Waals surface area contributed by atoms with Crippen molar-refractivity contribution in [1.82, 2.24) is 5.32 Å². The van der Waals surface area contributed by atoms with Crippen LogP contribution in [0.5, 0.6) is 11.5 Å². The summed E-state index contributed by atoms with van der Waals surface area (Å²) in [6, 6.07) is 22.4. The van der Waals surface area contributed by atoms with Crippen LogP contribution in [-0.2, 0) is 19.6 Å². The fraction of sp³-hybridized carbons (Fsp3) is 0.280. The molecule has 0 aromatic heterocycles. The second-order valence-corrected chi connectivity index (χ2v) is 8.11. The van der Waals surface area contributed by atoms with E-state index in [0.29, 0.717) is 40.7 Å². The molecule has 0 heterocycles. The third kappa shape index (κ3) is 6.40. The van der Waals surface area contributed by atoms with Gasteiger partial charge in [0.15, 0.2) is 11.5 Å². The third-order valence-electron chi connectivity index (χ3n) is 4.98. The minimum Gasteiger partial charge on any atom is -0.493 e. The second kappa shape index (κ2) is 11.3. The van der Waals surface area contributed by atoms with Crippen LogP contribution >= 0.6 is 23.2 Å². The molecule has 1 atom stereocenters. The number of nitrogens with one attached hydrogen (secondary N) is 1. The number of hydrogen-bond acceptors (Lipinski definition) is 3. The molecule has 0 aliphatic carbocycles. The molecule has 158 valence electrons. The summed E-state index contributed by atoms with van der Waals surface area (Å²) in [6.07, 6.45) is 2.11. The Bertz CT molecular complexity index is 947. The van der Waals surface area contributed by atoms with Crippen LogP contribution in [-0.4, -0.2) is 13.2 Å². The van der Waals surface area contributed by atoms with Gasteiger partial charge in [0.25, 0.3) is 0 Å². The lowest BCUT2D eigenvalue weighted by atomic mass is 10.1. The van der Waals surface area contributed by atoms with Gasteiger partial charge in [0.1, 0.15) is 6.61 Å². The number of ether oxygens (including phenoxy) is 2. The Kier molecular flexibility index (Phi) is 8.44. The molecule has 3 rings (SSSR count). The first kappa shape index (κ1) is 22.5. The van der Waals surface area contributed by atoms with E-state index in [-0.39, 0.29) is 0 Å². The van der Waals surface area contributed by atoms with Gasteiger partial charge in [-0.1, -0.05) is 71.7 Å². The molecule has 0 saturated heterocycles. The van der Waals surface area contributed by atoms with Crippen molar-refractivity contribution in [3.8, 4) is 11.5 Å². The van der Waals surface area contributed by atoms with Crippen LogP contribution in [0, 0.1) is 0 Å². The third-order valence-corrected chi connectivity index (χ3v) is 5.63. The Hall–Kier alpha value is -2.20. The van der Waals surface area contributed by atoms with E-state index in [1.54, 1.807) is 7.11 Å². The lowest BCUT2D eigenvalue weighted by Crippen LogP contribution is -2.26. The molecule has 0 fully saturated rings. The highest BCUT2D eigenvalue weighted by Gasteiger charge is 2.14. The molecule has 1 N–H and O–H groups in total. The summed E-state index contributed by atoms with van der Waals surface area (Å²) >= 11 is 12.7. The van der Waals surface area contributed by atoms with E-state index in [9.17, 15) is 0 Å². The van der Waals surface area contributed by atoms with Crippen molar-refractivity contribution in [2.24, 2.45) is 0 Å². The highest BCUT2D eigenvalue weighted by Crippen LogP contribution is 2.37. The summed E-state index contributed by atoms with van der Waals surface area (Å²) in [5, 5.41) is 4.75. The highest BCUT2D eigenvalue weighted by molar-refractivity contribution is 6.32. The minimum absolute atomic E-state index is 0.323. The average Bonchev–Trinajstić information content (AvgIpc) is 2.77. The van der Waals surface area contributed by atoms with Gasteiger partial charge in [-0.2, -0.15) is 0 Å². The first-order valence-electron chi connectivity index (χ1n) is 10.1. The van der Waals surface area contributed by atoms with E-state index in [4.69, 9.17) is 32.7 Å². The van der Waals surface area contributed by atoms with Crippen molar-refractivity contribution in [1.29, 1.82) is 0 Å². The number of halogens is 2. The number of aryl methyl sites for hydroxylation is 1. The van der Waals surface area contributed by atoms with E-state index < -0.39 is 0 Å². The fourth-order valence-electron chi connectivity index (χ4n) is 3.20. The lowest BCUT2D eigenvalue weighted by Gasteiger charge is -2.17. The van der Waals surface area contributed by atoms with Crippen LogP contribution in [0.2, 0.25) is 10.0 Å². The molecule has 0 aliphatic rings. The van der Waals surface area contributed by atoms with Crippen molar-refractivity contribution in [2.45, 2.75) is 39.0 Å². The van der Waals surface area contributed by atoms with Crippen LogP contribution in [0.15, 0.2) is 66.7 Å². The van der Waals surface area contributed by atoms with Gasteiger partial charge in [-0.25, -0.2) is 0 Å². The SMILES string of the molecule is COc1cc(CNC(C)CCc2ccccc2)cc(Cl)c1OCc1ccccc1Cl. The Morgan fingerprint density at radius 3 is 2.37 bits per heavy atom. The van der Waals surface area contributed by atoms with Crippen LogP contribution in [0.25, 0.3) is 0 Å². The Morgan fingerprint density at radius 2 is 1.63 bits per heavy atom. The second-order valence-electron chi connectivity index (χ2n) is 7.30. The molecular formula is C25H27Cl2NO2. The minimum atomic E-state index is 0.323. The molecule has 0 radical (unpaired) electrons. The highest BCUT2D eigenvalue weighted by atomic mass is 35.5. The predicted molar refractivity (Wildman–Crippen MR) is 125 cm³/mol. The van der Waals surface area contributed by atoms with Crippen LogP contribution in [0.3, 0.4) is 0 Å². The van der Waals surface area contributed by atoms with Gasteiger partial charge in [-0.05, 0) is 49.1 Å². The lowest BCUT2D eigenvalue weighted by molar-refractivity contribution is 0.284. The van der Waals surface area contributed by atoms with Gasteiger partial charge in [-0.3, -0.25) is 0 Å². The van der Waals surface area contributed by atoms with Crippen molar-refractivity contribution in [3.63, 3.8) is 0 Å². The van der Waals surface area contributed by atoms with Crippen LogP contribution in [0.4, 0.5) is 0 Å². The van der Waals surface area contributed by atoms with E-state index >= 15 is 0 Å². The van der Waals surface area contributed by atoms with E-state index in [0.717, 1.165) is 24.0 Å². The predicted octanol–water partition coefficient (Wildman–Crippen LogP) is 6.69. The summed E-state index contributed by atoms with van der Waals surface area (Å²) < 4.78 is 11.5. The van der Waals surface area contributed by atoms with Crippen molar-refractivity contribution >= 4 is 23.2 Å². The van der Waals surface area contributed by atoms with E-state index in [1.165, 1.54) is 5.56 Å². The number of hydrogen-bond donors (Lipinski definition) is 1. The number of methoxy groups -OCH3 is 1. The molecule has 0 aliphatic heterocycles. The van der Waals surface area contributed by atoms with E-state index in [2.05, 4.69) is 36.5 Å². The van der Waals surface area contributed by atoms with Crippen molar-refractivity contribution in [2.75, 3.05) is 7.11 Å². The monoisotopic (exact) mass is 443 g/mol. The first-order valence-corrected chi connectivity index (χ1v) is 10.8. The number of benzene rings is 3. The molecule has 3 aromatic rings. The van der Waals surface area contributed by atoms with Crippen molar-refractivity contribution in [3.05, 3.63) is 93.5 Å². The molecule has 0 amide bonds. The summed E-state index contributed by atoms with van der Waals surface area (Å²) in [6.45, 7) is 3.23. The molecule has 30 heavy (non-hydrogen) atoms. The Balaban J connectivity index is 1.58. The Morgan fingerprint density at radius 1 is 0.900 bits per heavy atom. The number of rotatable bonds is 10. The van der Waals surface area contributed by atoms with Gasteiger partial charge >= 0.3 is 0 Å². The normalized spacial score (nSPS) is 11.9. The molecule has 0 bridgehead atoms. The largest absolute Gasteiger partial charge is 0.493 e. The van der Waals surface area contributed by atoms with Crippen LogP contribution < -0.4 is 14.8 Å².